The summed E-state index contributed by atoms with van der Waals surface area (Å²) in [7, 11) is -1.93. The molecule has 1 aromatic rings. The lowest BCUT2D eigenvalue weighted by Gasteiger charge is -2.40. The first-order valence-electron chi connectivity index (χ1n) is 13.0. The van der Waals surface area contributed by atoms with Gasteiger partial charge in [0.1, 0.15) is 5.56 Å². The SMILES string of the molecule is COc1nc(C(C)C)cc(C(F)(F)F)c1C(=O)NCC1(CC2CC2)CCC(S(=O)(=O)CC2CC2)CC1. The number of carbonyl (C=O) groups is 1. The van der Waals surface area contributed by atoms with Crippen LogP contribution in [0.1, 0.15) is 99.2 Å². The van der Waals surface area contributed by atoms with Crippen LogP contribution in [0.2, 0.25) is 0 Å². The second-order valence-corrected chi connectivity index (χ2v) is 13.8. The quantitative estimate of drug-likeness (QED) is 0.431. The highest BCUT2D eigenvalue weighted by molar-refractivity contribution is 7.92. The summed E-state index contributed by atoms with van der Waals surface area (Å²) in [6.07, 6.45) is 2.66. The van der Waals surface area contributed by atoms with Crippen LogP contribution in [-0.4, -0.2) is 44.0 Å². The van der Waals surface area contributed by atoms with Crippen LogP contribution in [0.5, 0.6) is 5.88 Å². The molecule has 1 heterocycles. The molecule has 1 aromatic heterocycles. The molecule has 3 fully saturated rings. The maximum Gasteiger partial charge on any atom is 0.417 e. The molecule has 0 unspecified atom stereocenters. The van der Waals surface area contributed by atoms with Crippen LogP contribution in [0.25, 0.3) is 0 Å². The number of pyridine rings is 1. The number of carbonyl (C=O) groups excluding carboxylic acids is 1. The van der Waals surface area contributed by atoms with Gasteiger partial charge in [-0.3, -0.25) is 4.79 Å². The van der Waals surface area contributed by atoms with Crippen LogP contribution in [0, 0.1) is 17.3 Å². The number of ether oxygens (including phenoxy) is 1. The van der Waals surface area contributed by atoms with Crippen LogP contribution in [-0.2, 0) is 16.0 Å². The maximum atomic E-state index is 13.9. The molecule has 4 rings (SSSR count). The third kappa shape index (κ3) is 6.34. The number of alkyl halides is 3. The first-order chi connectivity index (χ1) is 16.8. The Bertz CT molecular complexity index is 1070. The second-order valence-electron chi connectivity index (χ2n) is 11.4. The Morgan fingerprint density at radius 2 is 1.75 bits per heavy atom. The number of sulfone groups is 1. The summed E-state index contributed by atoms with van der Waals surface area (Å²) in [6.45, 7) is 3.67. The van der Waals surface area contributed by atoms with Crippen molar-refractivity contribution in [3.8, 4) is 5.88 Å². The van der Waals surface area contributed by atoms with E-state index in [0.29, 0.717) is 37.5 Å². The first-order valence-corrected chi connectivity index (χ1v) is 14.7. The lowest BCUT2D eigenvalue weighted by molar-refractivity contribution is -0.138. The number of aromatic nitrogens is 1. The minimum atomic E-state index is -4.74. The van der Waals surface area contributed by atoms with E-state index in [0.717, 1.165) is 38.2 Å². The molecule has 3 aliphatic carbocycles. The van der Waals surface area contributed by atoms with Crippen LogP contribution in [0.3, 0.4) is 0 Å². The number of amides is 1. The predicted octanol–water partition coefficient (Wildman–Crippen LogP) is 5.52. The van der Waals surface area contributed by atoms with E-state index in [1.165, 1.54) is 7.11 Å². The zero-order valence-corrected chi connectivity index (χ0v) is 22.1. The van der Waals surface area contributed by atoms with E-state index in [4.69, 9.17) is 4.74 Å². The van der Waals surface area contributed by atoms with Gasteiger partial charge in [-0.2, -0.15) is 13.2 Å². The van der Waals surface area contributed by atoms with Crippen molar-refractivity contribution in [3.05, 3.63) is 22.9 Å². The van der Waals surface area contributed by atoms with E-state index in [2.05, 4.69) is 10.3 Å². The fourth-order valence-corrected chi connectivity index (χ4v) is 7.70. The van der Waals surface area contributed by atoms with E-state index in [-0.39, 0.29) is 40.5 Å². The van der Waals surface area contributed by atoms with Gasteiger partial charge in [0.2, 0.25) is 5.88 Å². The molecule has 1 N–H and O–H groups in total. The number of nitrogens with zero attached hydrogens (tertiary/aromatic N) is 1. The number of nitrogens with one attached hydrogen (secondary N) is 1. The van der Waals surface area contributed by atoms with Crippen molar-refractivity contribution < 1.29 is 31.1 Å². The summed E-state index contributed by atoms with van der Waals surface area (Å²) in [5, 5.41) is 2.41. The molecule has 3 aliphatic rings. The van der Waals surface area contributed by atoms with E-state index < -0.39 is 33.0 Å². The van der Waals surface area contributed by atoms with Gasteiger partial charge in [-0.15, -0.1) is 0 Å². The Kier molecular flexibility index (Phi) is 7.66. The maximum absolute atomic E-state index is 13.9. The Balaban J connectivity index is 1.51. The minimum Gasteiger partial charge on any atom is -0.480 e. The number of hydrogen-bond acceptors (Lipinski definition) is 5. The molecule has 10 heteroatoms. The summed E-state index contributed by atoms with van der Waals surface area (Å²) in [5.41, 5.74) is -1.76. The third-order valence-corrected chi connectivity index (χ3v) is 10.5. The molecule has 0 saturated heterocycles. The monoisotopic (exact) mass is 530 g/mol. The zero-order chi connectivity index (χ0) is 26.3. The zero-order valence-electron chi connectivity index (χ0n) is 21.3. The van der Waals surface area contributed by atoms with Crippen LogP contribution < -0.4 is 10.1 Å². The molecular weight excluding hydrogens is 493 g/mol. The number of rotatable bonds is 10. The van der Waals surface area contributed by atoms with Gasteiger partial charge in [0, 0.05) is 12.2 Å². The van der Waals surface area contributed by atoms with Crippen LogP contribution in [0.4, 0.5) is 13.2 Å². The molecule has 0 bridgehead atoms. The van der Waals surface area contributed by atoms with Crippen molar-refractivity contribution in [3.63, 3.8) is 0 Å². The van der Waals surface area contributed by atoms with E-state index in [9.17, 15) is 26.4 Å². The average Bonchev–Trinajstić information content (AvgIpc) is 3.74. The molecule has 3 saturated carbocycles. The van der Waals surface area contributed by atoms with E-state index in [1.54, 1.807) is 13.8 Å². The molecule has 36 heavy (non-hydrogen) atoms. The van der Waals surface area contributed by atoms with Crippen molar-refractivity contribution in [2.45, 2.75) is 89.0 Å². The number of halogens is 3. The van der Waals surface area contributed by atoms with E-state index in [1.807, 2.05) is 0 Å². The summed E-state index contributed by atoms with van der Waals surface area (Å²) in [5.74, 6) is -0.360. The lowest BCUT2D eigenvalue weighted by atomic mass is 9.70. The smallest absolute Gasteiger partial charge is 0.417 e. The molecule has 202 valence electrons. The molecule has 0 atom stereocenters. The van der Waals surface area contributed by atoms with Crippen molar-refractivity contribution in [1.29, 1.82) is 0 Å². The molecule has 6 nitrogen and oxygen atoms in total. The standard InChI is InChI=1S/C26H37F3N2O4S/c1-16(2)21-12-20(26(27,28)29)22(24(31-21)35-3)23(32)30-15-25(13-17-4-5-17)10-8-19(9-11-25)36(33,34)14-18-6-7-18/h12,16-19H,4-11,13-15H2,1-3H3,(H,30,32). The minimum absolute atomic E-state index is 0.201. The average molecular weight is 531 g/mol. The third-order valence-electron chi connectivity index (χ3n) is 8.03. The second kappa shape index (κ2) is 10.1. The first kappa shape index (κ1) is 27.2. The topological polar surface area (TPSA) is 85.4 Å². The lowest BCUT2D eigenvalue weighted by Crippen LogP contribution is -2.43. The van der Waals surface area contributed by atoms with Crippen molar-refractivity contribution >= 4 is 15.7 Å². The highest BCUT2D eigenvalue weighted by atomic mass is 32.2. The Hall–Kier alpha value is -1.84. The van der Waals surface area contributed by atoms with Gasteiger partial charge in [-0.1, -0.05) is 26.7 Å². The van der Waals surface area contributed by atoms with Gasteiger partial charge in [0.15, 0.2) is 9.84 Å². The molecule has 0 aliphatic heterocycles. The molecule has 0 radical (unpaired) electrons. The van der Waals surface area contributed by atoms with Gasteiger partial charge < -0.3 is 10.1 Å². The van der Waals surface area contributed by atoms with Crippen molar-refractivity contribution in [2.75, 3.05) is 19.4 Å². The normalized spacial score (nSPS) is 25.1. The van der Waals surface area contributed by atoms with Gasteiger partial charge in [-0.05, 0) is 74.2 Å². The van der Waals surface area contributed by atoms with Gasteiger partial charge in [0.05, 0.1) is 23.7 Å². The van der Waals surface area contributed by atoms with Gasteiger partial charge in [0.25, 0.3) is 5.91 Å². The largest absolute Gasteiger partial charge is 0.480 e. The molecule has 1 amide bonds. The fraction of sp³-hybridized carbons (Fsp3) is 0.769. The van der Waals surface area contributed by atoms with Gasteiger partial charge >= 0.3 is 6.18 Å². The van der Waals surface area contributed by atoms with Crippen LogP contribution >= 0.6 is 0 Å². The molecule has 0 aromatic carbocycles. The van der Waals surface area contributed by atoms with Gasteiger partial charge in [-0.25, -0.2) is 13.4 Å². The molecule has 0 spiro atoms. The number of methoxy groups -OCH3 is 1. The van der Waals surface area contributed by atoms with Crippen molar-refractivity contribution in [1.82, 2.24) is 10.3 Å². The highest BCUT2D eigenvalue weighted by Crippen LogP contribution is 2.49. The van der Waals surface area contributed by atoms with Crippen LogP contribution in [0.15, 0.2) is 6.07 Å². The number of hydrogen-bond donors (Lipinski definition) is 1. The summed E-state index contributed by atoms with van der Waals surface area (Å²) in [6, 6.07) is 0.929. The Morgan fingerprint density at radius 3 is 2.25 bits per heavy atom. The summed E-state index contributed by atoms with van der Waals surface area (Å²) >= 11 is 0. The Labute approximate surface area is 211 Å². The fourth-order valence-electron chi connectivity index (χ4n) is 5.48. The summed E-state index contributed by atoms with van der Waals surface area (Å²) in [4.78, 5) is 17.4. The predicted molar refractivity (Wildman–Crippen MR) is 131 cm³/mol. The summed E-state index contributed by atoms with van der Waals surface area (Å²) < 4.78 is 72.6. The highest BCUT2D eigenvalue weighted by Gasteiger charge is 2.44. The van der Waals surface area contributed by atoms with E-state index >= 15 is 0 Å². The molecular formula is C26H37F3N2O4S. The van der Waals surface area contributed by atoms with Crippen molar-refractivity contribution in [2.24, 2.45) is 17.3 Å². The Morgan fingerprint density at radius 1 is 1.14 bits per heavy atom.